The van der Waals surface area contributed by atoms with Crippen molar-refractivity contribution in [2.75, 3.05) is 14.2 Å². The first-order valence-corrected chi connectivity index (χ1v) is 7.30. The molecule has 0 fully saturated rings. The molecule has 3 N–H and O–H groups in total. The van der Waals surface area contributed by atoms with Crippen LogP contribution in [0.15, 0.2) is 42.7 Å². The number of nitrogens with zero attached hydrogens (tertiary/aromatic N) is 1. The van der Waals surface area contributed by atoms with Gasteiger partial charge in [-0.3, -0.25) is 4.79 Å². The standard InChI is InChI=1S/C18H17N3O3/c1-23-12-5-6-16(24-2)14(9-12)15(17(19)22)8-11-10-21-18-13(11)4-3-7-20-18/h3-10H,1-2H3,(H2,19,22)(H,20,21)/b15-8-. The Kier molecular flexibility index (Phi) is 4.20. The summed E-state index contributed by atoms with van der Waals surface area (Å²) in [4.78, 5) is 19.4. The van der Waals surface area contributed by atoms with Gasteiger partial charge in [0, 0.05) is 28.9 Å². The van der Waals surface area contributed by atoms with Crippen LogP contribution in [0, 0.1) is 0 Å². The number of hydrogen-bond acceptors (Lipinski definition) is 4. The molecule has 0 atom stereocenters. The fourth-order valence-corrected chi connectivity index (χ4v) is 2.56. The molecule has 6 nitrogen and oxygen atoms in total. The molecule has 24 heavy (non-hydrogen) atoms. The lowest BCUT2D eigenvalue weighted by atomic mass is 10.0. The Morgan fingerprint density at radius 3 is 2.79 bits per heavy atom. The van der Waals surface area contributed by atoms with Gasteiger partial charge in [0.05, 0.1) is 19.8 Å². The van der Waals surface area contributed by atoms with E-state index in [0.717, 1.165) is 16.6 Å². The second-order valence-electron chi connectivity index (χ2n) is 5.13. The molecule has 0 saturated carbocycles. The second-order valence-corrected chi connectivity index (χ2v) is 5.13. The van der Waals surface area contributed by atoms with Crippen molar-refractivity contribution in [1.29, 1.82) is 0 Å². The average molecular weight is 323 g/mol. The Morgan fingerprint density at radius 1 is 1.25 bits per heavy atom. The summed E-state index contributed by atoms with van der Waals surface area (Å²) in [6.07, 6.45) is 5.21. The number of pyridine rings is 1. The number of nitrogens with two attached hydrogens (primary N) is 1. The van der Waals surface area contributed by atoms with Crippen LogP contribution in [0.5, 0.6) is 11.5 Å². The summed E-state index contributed by atoms with van der Waals surface area (Å²) >= 11 is 0. The highest BCUT2D eigenvalue weighted by Gasteiger charge is 2.16. The van der Waals surface area contributed by atoms with Gasteiger partial charge in [0.25, 0.3) is 0 Å². The molecule has 0 aliphatic carbocycles. The lowest BCUT2D eigenvalue weighted by Gasteiger charge is -2.11. The fourth-order valence-electron chi connectivity index (χ4n) is 2.56. The van der Waals surface area contributed by atoms with Crippen molar-refractivity contribution in [3.63, 3.8) is 0 Å². The van der Waals surface area contributed by atoms with Crippen molar-refractivity contribution in [2.24, 2.45) is 5.73 Å². The smallest absolute Gasteiger partial charge is 0.249 e. The average Bonchev–Trinajstić information content (AvgIpc) is 3.02. The second kappa shape index (κ2) is 6.45. The molecule has 1 amide bonds. The minimum absolute atomic E-state index is 0.329. The van der Waals surface area contributed by atoms with E-state index in [1.807, 2.05) is 12.1 Å². The molecule has 1 aromatic carbocycles. The number of carbonyl (C=O) groups excluding carboxylic acids is 1. The molecule has 2 heterocycles. The zero-order valence-corrected chi connectivity index (χ0v) is 13.4. The number of ether oxygens (including phenoxy) is 2. The number of fused-ring (bicyclic) bond motifs is 1. The lowest BCUT2D eigenvalue weighted by molar-refractivity contribution is -0.112. The Labute approximate surface area is 138 Å². The van der Waals surface area contributed by atoms with Gasteiger partial charge in [-0.05, 0) is 36.4 Å². The Morgan fingerprint density at radius 2 is 2.08 bits per heavy atom. The number of primary amides is 1. The van der Waals surface area contributed by atoms with Crippen LogP contribution in [0.1, 0.15) is 11.1 Å². The van der Waals surface area contributed by atoms with Crippen molar-refractivity contribution in [3.05, 3.63) is 53.9 Å². The normalized spacial score (nSPS) is 11.5. The predicted molar refractivity (Wildman–Crippen MR) is 92.7 cm³/mol. The molecule has 122 valence electrons. The van der Waals surface area contributed by atoms with Gasteiger partial charge in [0.15, 0.2) is 0 Å². The summed E-state index contributed by atoms with van der Waals surface area (Å²) in [5.74, 6) is 0.595. The van der Waals surface area contributed by atoms with E-state index in [1.54, 1.807) is 50.9 Å². The molecule has 3 aromatic rings. The highest BCUT2D eigenvalue weighted by atomic mass is 16.5. The van der Waals surface area contributed by atoms with Gasteiger partial charge in [-0.1, -0.05) is 0 Å². The first-order valence-electron chi connectivity index (χ1n) is 7.30. The summed E-state index contributed by atoms with van der Waals surface area (Å²) in [6.45, 7) is 0. The lowest BCUT2D eigenvalue weighted by Crippen LogP contribution is -2.13. The molecule has 0 radical (unpaired) electrons. The highest BCUT2D eigenvalue weighted by molar-refractivity contribution is 6.25. The Balaban J connectivity index is 2.19. The van der Waals surface area contributed by atoms with Gasteiger partial charge in [0.2, 0.25) is 5.91 Å². The summed E-state index contributed by atoms with van der Waals surface area (Å²) in [7, 11) is 3.10. The van der Waals surface area contributed by atoms with Crippen LogP contribution >= 0.6 is 0 Å². The largest absolute Gasteiger partial charge is 0.497 e. The van der Waals surface area contributed by atoms with E-state index < -0.39 is 5.91 Å². The third-order valence-corrected chi connectivity index (χ3v) is 3.75. The van der Waals surface area contributed by atoms with E-state index in [1.165, 1.54) is 0 Å². The highest BCUT2D eigenvalue weighted by Crippen LogP contribution is 2.32. The summed E-state index contributed by atoms with van der Waals surface area (Å²) in [5, 5.41) is 0.901. The number of carbonyl (C=O) groups is 1. The third kappa shape index (κ3) is 2.81. The molecule has 6 heteroatoms. The summed E-state index contributed by atoms with van der Waals surface area (Å²) in [6, 6.07) is 8.98. The van der Waals surface area contributed by atoms with Crippen LogP contribution in [-0.2, 0) is 4.79 Å². The van der Waals surface area contributed by atoms with Gasteiger partial charge in [-0.2, -0.15) is 0 Å². The molecule has 2 aromatic heterocycles. The number of benzene rings is 1. The number of amides is 1. The predicted octanol–water partition coefficient (Wildman–Crippen LogP) is 2.61. The number of nitrogens with one attached hydrogen (secondary N) is 1. The zero-order chi connectivity index (χ0) is 17.1. The maximum atomic E-state index is 12.1. The summed E-state index contributed by atoms with van der Waals surface area (Å²) in [5.41, 5.74) is 8.07. The number of aromatic amines is 1. The zero-order valence-electron chi connectivity index (χ0n) is 13.4. The number of aromatic nitrogens is 2. The van der Waals surface area contributed by atoms with Gasteiger partial charge < -0.3 is 20.2 Å². The van der Waals surface area contributed by atoms with Crippen LogP contribution in [-0.4, -0.2) is 30.1 Å². The van der Waals surface area contributed by atoms with Gasteiger partial charge in [-0.15, -0.1) is 0 Å². The first kappa shape index (κ1) is 15.6. The molecule has 0 bridgehead atoms. The Hall–Kier alpha value is -3.28. The summed E-state index contributed by atoms with van der Waals surface area (Å²) < 4.78 is 10.6. The Bertz CT molecular complexity index is 928. The van der Waals surface area contributed by atoms with Crippen LogP contribution in [0.2, 0.25) is 0 Å². The quantitative estimate of drug-likeness (QED) is 0.706. The maximum Gasteiger partial charge on any atom is 0.249 e. The topological polar surface area (TPSA) is 90.2 Å². The number of hydrogen-bond donors (Lipinski definition) is 2. The van der Waals surface area contributed by atoms with Crippen LogP contribution in [0.25, 0.3) is 22.7 Å². The molecular weight excluding hydrogens is 306 g/mol. The van der Waals surface area contributed by atoms with E-state index in [-0.39, 0.29) is 0 Å². The van der Waals surface area contributed by atoms with Crippen molar-refractivity contribution in [2.45, 2.75) is 0 Å². The van der Waals surface area contributed by atoms with Crippen molar-refractivity contribution in [1.82, 2.24) is 9.97 Å². The van der Waals surface area contributed by atoms with Gasteiger partial charge in [-0.25, -0.2) is 4.98 Å². The van der Waals surface area contributed by atoms with E-state index >= 15 is 0 Å². The minimum Gasteiger partial charge on any atom is -0.497 e. The number of rotatable bonds is 5. The van der Waals surface area contributed by atoms with E-state index in [2.05, 4.69) is 9.97 Å². The maximum absolute atomic E-state index is 12.1. The van der Waals surface area contributed by atoms with E-state index in [0.29, 0.717) is 22.6 Å². The number of methoxy groups -OCH3 is 2. The first-order chi connectivity index (χ1) is 11.6. The van der Waals surface area contributed by atoms with Crippen LogP contribution in [0.4, 0.5) is 0 Å². The van der Waals surface area contributed by atoms with Crippen LogP contribution < -0.4 is 15.2 Å². The SMILES string of the molecule is COc1ccc(OC)c(/C(=C/c2c[nH]c3ncccc23)C(N)=O)c1. The molecular formula is C18H17N3O3. The molecule has 0 aliphatic rings. The van der Waals surface area contributed by atoms with Crippen molar-refractivity contribution in [3.8, 4) is 11.5 Å². The molecule has 3 rings (SSSR count). The molecule has 0 spiro atoms. The molecule has 0 aliphatic heterocycles. The minimum atomic E-state index is -0.556. The van der Waals surface area contributed by atoms with Gasteiger partial charge >= 0.3 is 0 Å². The molecule has 0 saturated heterocycles. The fraction of sp³-hybridized carbons (Fsp3) is 0.111. The van der Waals surface area contributed by atoms with E-state index in [9.17, 15) is 4.79 Å². The van der Waals surface area contributed by atoms with Crippen molar-refractivity contribution >= 4 is 28.6 Å². The van der Waals surface area contributed by atoms with Crippen molar-refractivity contribution < 1.29 is 14.3 Å². The number of H-pyrrole nitrogens is 1. The third-order valence-electron chi connectivity index (χ3n) is 3.75. The van der Waals surface area contributed by atoms with E-state index in [4.69, 9.17) is 15.2 Å². The van der Waals surface area contributed by atoms with Crippen LogP contribution in [0.3, 0.4) is 0 Å². The van der Waals surface area contributed by atoms with Gasteiger partial charge in [0.1, 0.15) is 17.1 Å². The molecule has 0 unspecified atom stereocenters. The monoisotopic (exact) mass is 323 g/mol.